The lowest BCUT2D eigenvalue weighted by atomic mass is 10.1. The van der Waals surface area contributed by atoms with E-state index in [0.717, 1.165) is 16.9 Å². The van der Waals surface area contributed by atoms with Crippen LogP contribution < -0.4 is 15.2 Å². The summed E-state index contributed by atoms with van der Waals surface area (Å²) in [6.45, 7) is 0.422. The van der Waals surface area contributed by atoms with Gasteiger partial charge in [0.1, 0.15) is 28.7 Å². The Balaban J connectivity index is 1.46. The van der Waals surface area contributed by atoms with E-state index in [2.05, 4.69) is 4.99 Å². The Morgan fingerprint density at radius 3 is 2.56 bits per heavy atom. The SMILES string of the molecule is COc1ccc(CCN2C(=O)/C(=C\c3ccc(-c4ccc(OC)c(Cl)c4)o3)N=C2N)cc1. The lowest BCUT2D eigenvalue weighted by Crippen LogP contribution is -2.38. The van der Waals surface area contributed by atoms with E-state index in [1.54, 1.807) is 44.6 Å². The average Bonchev–Trinajstić information content (AvgIpc) is 3.37. The van der Waals surface area contributed by atoms with E-state index in [1.807, 2.05) is 30.3 Å². The highest BCUT2D eigenvalue weighted by molar-refractivity contribution is 6.32. The molecule has 7 nitrogen and oxygen atoms in total. The molecule has 1 aliphatic rings. The highest BCUT2D eigenvalue weighted by atomic mass is 35.5. The van der Waals surface area contributed by atoms with Crippen molar-refractivity contribution in [3.8, 4) is 22.8 Å². The molecule has 0 saturated carbocycles. The number of guanidine groups is 1. The lowest BCUT2D eigenvalue weighted by Gasteiger charge is -2.15. The molecule has 0 fully saturated rings. The van der Waals surface area contributed by atoms with Crippen molar-refractivity contribution in [2.24, 2.45) is 10.7 Å². The maximum atomic E-state index is 12.8. The van der Waals surface area contributed by atoms with E-state index in [-0.39, 0.29) is 17.6 Å². The van der Waals surface area contributed by atoms with Gasteiger partial charge >= 0.3 is 0 Å². The van der Waals surface area contributed by atoms with Gasteiger partial charge in [-0.1, -0.05) is 23.7 Å². The summed E-state index contributed by atoms with van der Waals surface area (Å²) in [4.78, 5) is 18.5. The number of furan rings is 1. The molecule has 1 aliphatic heterocycles. The van der Waals surface area contributed by atoms with Gasteiger partial charge < -0.3 is 19.6 Å². The van der Waals surface area contributed by atoms with Crippen LogP contribution in [0, 0.1) is 0 Å². The first kappa shape index (κ1) is 21.5. The van der Waals surface area contributed by atoms with Crippen LogP contribution in [0.1, 0.15) is 11.3 Å². The molecule has 32 heavy (non-hydrogen) atoms. The molecule has 2 heterocycles. The lowest BCUT2D eigenvalue weighted by molar-refractivity contribution is -0.122. The van der Waals surface area contributed by atoms with Crippen molar-refractivity contribution in [2.75, 3.05) is 20.8 Å². The van der Waals surface area contributed by atoms with Gasteiger partial charge in [-0.05, 0) is 54.4 Å². The van der Waals surface area contributed by atoms with Crippen molar-refractivity contribution in [2.45, 2.75) is 6.42 Å². The highest BCUT2D eigenvalue weighted by Gasteiger charge is 2.28. The summed E-state index contributed by atoms with van der Waals surface area (Å²) >= 11 is 6.20. The maximum absolute atomic E-state index is 12.8. The molecule has 0 bridgehead atoms. The van der Waals surface area contributed by atoms with Crippen LogP contribution >= 0.6 is 11.6 Å². The number of aliphatic imine (C=N–C) groups is 1. The van der Waals surface area contributed by atoms with Gasteiger partial charge in [0.15, 0.2) is 0 Å². The molecule has 0 unspecified atom stereocenters. The second-order valence-corrected chi connectivity index (χ2v) is 7.51. The first-order chi connectivity index (χ1) is 15.5. The Morgan fingerprint density at radius 1 is 1.09 bits per heavy atom. The van der Waals surface area contributed by atoms with Crippen LogP contribution in [0.2, 0.25) is 5.02 Å². The normalized spacial score (nSPS) is 14.7. The summed E-state index contributed by atoms with van der Waals surface area (Å²) in [5.41, 5.74) is 8.09. The molecule has 8 heteroatoms. The Hall–Kier alpha value is -3.71. The number of benzene rings is 2. The number of nitrogens with zero attached hydrogens (tertiary/aromatic N) is 2. The monoisotopic (exact) mass is 451 g/mol. The predicted octanol–water partition coefficient (Wildman–Crippen LogP) is 4.36. The smallest absolute Gasteiger partial charge is 0.279 e. The van der Waals surface area contributed by atoms with Gasteiger partial charge in [0.05, 0.1) is 19.2 Å². The number of ether oxygens (including phenoxy) is 2. The molecule has 0 aliphatic carbocycles. The summed E-state index contributed by atoms with van der Waals surface area (Å²) in [7, 11) is 3.18. The molecular formula is C24H22ClN3O4. The summed E-state index contributed by atoms with van der Waals surface area (Å²) in [6, 6.07) is 16.6. The molecule has 1 aromatic heterocycles. The van der Waals surface area contributed by atoms with Gasteiger partial charge in [-0.15, -0.1) is 0 Å². The number of rotatable bonds is 7. The van der Waals surface area contributed by atoms with Gasteiger partial charge in [-0.25, -0.2) is 4.99 Å². The van der Waals surface area contributed by atoms with E-state index in [1.165, 1.54) is 4.90 Å². The van der Waals surface area contributed by atoms with Crippen LogP contribution in [-0.2, 0) is 11.2 Å². The average molecular weight is 452 g/mol. The Kier molecular flexibility index (Phi) is 6.18. The van der Waals surface area contributed by atoms with E-state index >= 15 is 0 Å². The number of nitrogens with two attached hydrogens (primary N) is 1. The molecule has 4 rings (SSSR count). The number of methoxy groups -OCH3 is 2. The zero-order chi connectivity index (χ0) is 22.7. The third-order valence-electron chi connectivity index (χ3n) is 5.10. The van der Waals surface area contributed by atoms with Crippen LogP contribution in [0.25, 0.3) is 17.4 Å². The van der Waals surface area contributed by atoms with Crippen molar-refractivity contribution in [1.29, 1.82) is 0 Å². The van der Waals surface area contributed by atoms with Gasteiger partial charge in [-0.3, -0.25) is 9.69 Å². The first-order valence-electron chi connectivity index (χ1n) is 9.93. The Bertz CT molecular complexity index is 1200. The second-order valence-electron chi connectivity index (χ2n) is 7.11. The van der Waals surface area contributed by atoms with Crippen LogP contribution in [0.5, 0.6) is 11.5 Å². The summed E-state index contributed by atoms with van der Waals surface area (Å²) in [5.74, 6) is 2.38. The van der Waals surface area contributed by atoms with Gasteiger partial charge in [0.25, 0.3) is 5.91 Å². The third-order valence-corrected chi connectivity index (χ3v) is 5.40. The van der Waals surface area contributed by atoms with Gasteiger partial charge in [0, 0.05) is 18.2 Å². The summed E-state index contributed by atoms with van der Waals surface area (Å²) in [6.07, 6.45) is 2.22. The Morgan fingerprint density at radius 2 is 1.88 bits per heavy atom. The van der Waals surface area contributed by atoms with Gasteiger partial charge in [-0.2, -0.15) is 0 Å². The molecule has 2 N–H and O–H groups in total. The number of hydrogen-bond donors (Lipinski definition) is 1. The molecule has 0 spiro atoms. The molecular weight excluding hydrogens is 430 g/mol. The quantitative estimate of drug-likeness (QED) is 0.539. The molecule has 0 atom stereocenters. The minimum atomic E-state index is -0.263. The standard InChI is InChI=1S/C24H22ClN3O4/c1-30-17-6-3-15(4-7-17)11-12-28-23(29)20(27-24(28)26)14-18-8-10-21(32-18)16-5-9-22(31-2)19(25)13-16/h3-10,13-14H,11-12H2,1-2H3,(H2,26,27)/b20-14+. The second kappa shape index (κ2) is 9.20. The first-order valence-corrected chi connectivity index (χ1v) is 10.3. The van der Waals surface area contributed by atoms with E-state index in [4.69, 9.17) is 31.2 Å². The van der Waals surface area contributed by atoms with Crippen LogP contribution in [0.15, 0.2) is 69.7 Å². The van der Waals surface area contributed by atoms with Gasteiger partial charge in [0.2, 0.25) is 5.96 Å². The van der Waals surface area contributed by atoms with E-state index < -0.39 is 0 Å². The van der Waals surface area contributed by atoms with Crippen LogP contribution in [0.4, 0.5) is 0 Å². The van der Waals surface area contributed by atoms with Crippen molar-refractivity contribution in [3.05, 3.63) is 76.6 Å². The number of hydrogen-bond acceptors (Lipinski definition) is 6. The summed E-state index contributed by atoms with van der Waals surface area (Å²) < 4.78 is 16.2. The molecule has 2 aromatic carbocycles. The van der Waals surface area contributed by atoms with Crippen LogP contribution in [0.3, 0.4) is 0 Å². The van der Waals surface area contributed by atoms with E-state index in [0.29, 0.717) is 35.3 Å². The molecule has 0 radical (unpaired) electrons. The minimum absolute atomic E-state index is 0.170. The zero-order valence-electron chi connectivity index (χ0n) is 17.7. The number of amides is 1. The molecule has 3 aromatic rings. The van der Waals surface area contributed by atoms with Crippen molar-refractivity contribution in [3.63, 3.8) is 0 Å². The van der Waals surface area contributed by atoms with Crippen molar-refractivity contribution in [1.82, 2.24) is 4.90 Å². The summed E-state index contributed by atoms with van der Waals surface area (Å²) in [5, 5.41) is 0.483. The number of carbonyl (C=O) groups excluding carboxylic acids is 1. The molecule has 0 saturated heterocycles. The maximum Gasteiger partial charge on any atom is 0.279 e. The fourth-order valence-electron chi connectivity index (χ4n) is 3.36. The largest absolute Gasteiger partial charge is 0.497 e. The fraction of sp³-hybridized carbons (Fsp3) is 0.167. The topological polar surface area (TPSA) is 90.3 Å². The zero-order valence-corrected chi connectivity index (χ0v) is 18.4. The van der Waals surface area contributed by atoms with Crippen molar-refractivity contribution < 1.29 is 18.7 Å². The highest BCUT2D eigenvalue weighted by Crippen LogP contribution is 2.31. The van der Waals surface area contributed by atoms with Crippen LogP contribution in [-0.4, -0.2) is 37.5 Å². The Labute approximate surface area is 190 Å². The third kappa shape index (κ3) is 4.48. The number of carbonyl (C=O) groups is 1. The predicted molar refractivity (Wildman–Crippen MR) is 124 cm³/mol. The molecule has 1 amide bonds. The fourth-order valence-corrected chi connectivity index (χ4v) is 3.61. The molecule has 164 valence electrons. The van der Waals surface area contributed by atoms with E-state index in [9.17, 15) is 4.79 Å². The van der Waals surface area contributed by atoms with Crippen molar-refractivity contribution >= 4 is 29.5 Å². The minimum Gasteiger partial charge on any atom is -0.497 e. The number of halogens is 1.